The van der Waals surface area contributed by atoms with Crippen LogP contribution in [0.15, 0.2) is 58.3 Å². The van der Waals surface area contributed by atoms with Crippen LogP contribution < -0.4 is 9.96 Å². The van der Waals surface area contributed by atoms with E-state index >= 15 is 0 Å². The lowest BCUT2D eigenvalue weighted by atomic mass is 10.3. The normalized spacial score (nSPS) is 12.2. The maximum atomic E-state index is 11.1. The van der Waals surface area contributed by atoms with Gasteiger partial charge in [-0.25, -0.2) is 5.21 Å². The smallest absolute Gasteiger partial charge is 0.177 e. The molecule has 1 unspecified atom stereocenters. The summed E-state index contributed by atoms with van der Waals surface area (Å²) < 4.78 is 5.08. The molecule has 2 aromatic rings. The molecule has 2 aromatic carbocycles. The van der Waals surface area contributed by atoms with Gasteiger partial charge < -0.3 is 9.94 Å². The monoisotopic (exact) mass is 263 g/mol. The molecule has 1 atom stereocenters. The molecule has 5 heteroatoms. The molecule has 0 aliphatic rings. The Balaban J connectivity index is 2.22. The molecule has 0 aromatic heterocycles. The molecule has 2 rings (SSSR count). The zero-order valence-electron chi connectivity index (χ0n) is 9.79. The van der Waals surface area contributed by atoms with E-state index in [2.05, 4.69) is 0 Å². The van der Waals surface area contributed by atoms with Gasteiger partial charge in [0, 0.05) is 11.0 Å². The first-order chi connectivity index (χ1) is 8.70. The van der Waals surface area contributed by atoms with Crippen molar-refractivity contribution in [2.45, 2.75) is 9.79 Å². The van der Waals surface area contributed by atoms with E-state index in [4.69, 9.17) is 9.94 Å². The van der Waals surface area contributed by atoms with Crippen LogP contribution in [-0.4, -0.2) is 12.3 Å². The van der Waals surface area contributed by atoms with Gasteiger partial charge in [-0.3, -0.25) is 0 Å². The van der Waals surface area contributed by atoms with Gasteiger partial charge in [0.25, 0.3) is 0 Å². The van der Waals surface area contributed by atoms with E-state index in [1.165, 1.54) is 11.8 Å². The molecule has 0 heterocycles. The van der Waals surface area contributed by atoms with Crippen LogP contribution in [0, 0.1) is 5.21 Å². The lowest BCUT2D eigenvalue weighted by Gasteiger charge is -2.14. The van der Waals surface area contributed by atoms with Gasteiger partial charge >= 0.3 is 0 Å². The quantitative estimate of drug-likeness (QED) is 0.831. The van der Waals surface area contributed by atoms with Crippen LogP contribution in [0.3, 0.4) is 0 Å². The van der Waals surface area contributed by atoms with Crippen molar-refractivity contribution in [3.8, 4) is 5.75 Å². The van der Waals surface area contributed by atoms with Gasteiger partial charge in [0.2, 0.25) is 0 Å². The molecule has 4 nitrogen and oxygen atoms in total. The van der Waals surface area contributed by atoms with Crippen LogP contribution in [0.5, 0.6) is 5.75 Å². The van der Waals surface area contributed by atoms with Crippen molar-refractivity contribution in [1.82, 2.24) is 0 Å². The van der Waals surface area contributed by atoms with Gasteiger partial charge in [0.1, 0.15) is 5.75 Å². The van der Waals surface area contributed by atoms with E-state index in [0.29, 0.717) is 5.69 Å². The molecular formula is C13H13NO3S. The topological polar surface area (TPSA) is 57.0 Å². The lowest BCUT2D eigenvalue weighted by molar-refractivity contribution is -0.992. The SMILES string of the molecule is COc1ccc(Sc2ccccc2[NH+]([O-])O)cc1. The number of ether oxygens (including phenoxy) is 1. The minimum atomic E-state index is -0.911. The molecule has 2 N–H and O–H groups in total. The Bertz CT molecular complexity index is 514. The van der Waals surface area contributed by atoms with Gasteiger partial charge in [-0.1, -0.05) is 23.9 Å². The van der Waals surface area contributed by atoms with Crippen LogP contribution in [0.2, 0.25) is 0 Å². The van der Waals surface area contributed by atoms with Gasteiger partial charge in [-0.15, -0.1) is 0 Å². The Morgan fingerprint density at radius 1 is 1.11 bits per heavy atom. The Morgan fingerprint density at radius 2 is 1.78 bits per heavy atom. The van der Waals surface area contributed by atoms with Crippen LogP contribution >= 0.6 is 11.8 Å². The van der Waals surface area contributed by atoms with E-state index in [0.717, 1.165) is 15.5 Å². The van der Waals surface area contributed by atoms with Crippen molar-refractivity contribution < 1.29 is 15.2 Å². The Labute approximate surface area is 109 Å². The van der Waals surface area contributed by atoms with E-state index in [-0.39, 0.29) is 0 Å². The van der Waals surface area contributed by atoms with Crippen molar-refractivity contribution >= 4 is 17.4 Å². The first kappa shape index (κ1) is 12.9. The van der Waals surface area contributed by atoms with Crippen molar-refractivity contribution in [3.63, 3.8) is 0 Å². The second-order valence-corrected chi connectivity index (χ2v) is 4.69. The highest BCUT2D eigenvalue weighted by Crippen LogP contribution is 2.32. The number of quaternary nitrogens is 1. The van der Waals surface area contributed by atoms with Gasteiger partial charge in [-0.2, -0.15) is 5.23 Å². The fourth-order valence-electron chi connectivity index (χ4n) is 1.50. The zero-order valence-corrected chi connectivity index (χ0v) is 10.6. The summed E-state index contributed by atoms with van der Waals surface area (Å²) in [6.07, 6.45) is 0. The predicted octanol–water partition coefficient (Wildman–Crippen LogP) is 2.25. The van der Waals surface area contributed by atoms with Crippen LogP contribution in [-0.2, 0) is 0 Å². The molecule has 0 saturated carbocycles. The summed E-state index contributed by atoms with van der Waals surface area (Å²) in [6.45, 7) is 0. The number of rotatable bonds is 4. The van der Waals surface area contributed by atoms with Gasteiger partial charge in [0.05, 0.1) is 12.0 Å². The van der Waals surface area contributed by atoms with Crippen LogP contribution in [0.1, 0.15) is 0 Å². The number of para-hydroxylation sites is 1. The molecule has 0 saturated heterocycles. The maximum Gasteiger partial charge on any atom is 0.177 e. The van der Waals surface area contributed by atoms with Crippen molar-refractivity contribution in [1.29, 1.82) is 0 Å². The van der Waals surface area contributed by atoms with E-state index in [1.807, 2.05) is 30.3 Å². The molecular weight excluding hydrogens is 250 g/mol. The molecule has 0 bridgehead atoms. The third kappa shape index (κ3) is 3.02. The zero-order chi connectivity index (χ0) is 13.0. The maximum absolute atomic E-state index is 11.1. The standard InChI is InChI=1S/C13H13NO3S/c1-17-10-6-8-11(9-7-10)18-13-5-3-2-4-12(13)14(15)16/h2-9,14-15H,1H3. The number of methoxy groups -OCH3 is 1. The molecule has 0 aliphatic heterocycles. The van der Waals surface area contributed by atoms with Crippen molar-refractivity contribution in [3.05, 3.63) is 53.7 Å². The summed E-state index contributed by atoms with van der Waals surface area (Å²) in [7, 11) is 1.61. The Morgan fingerprint density at radius 3 is 2.39 bits per heavy atom. The van der Waals surface area contributed by atoms with E-state index in [9.17, 15) is 5.21 Å². The average Bonchev–Trinajstić information content (AvgIpc) is 2.40. The lowest BCUT2D eigenvalue weighted by Crippen LogP contribution is -2.99. The Kier molecular flexibility index (Phi) is 4.22. The number of benzene rings is 2. The molecule has 0 fully saturated rings. The van der Waals surface area contributed by atoms with Crippen molar-refractivity contribution in [2.24, 2.45) is 0 Å². The second-order valence-electron chi connectivity index (χ2n) is 3.58. The highest BCUT2D eigenvalue weighted by atomic mass is 32.2. The van der Waals surface area contributed by atoms with E-state index < -0.39 is 5.23 Å². The third-order valence-corrected chi connectivity index (χ3v) is 3.49. The highest BCUT2D eigenvalue weighted by molar-refractivity contribution is 7.99. The minimum absolute atomic E-state index is 0.318. The predicted molar refractivity (Wildman–Crippen MR) is 69.3 cm³/mol. The first-order valence-electron chi connectivity index (χ1n) is 5.35. The fraction of sp³-hybridized carbons (Fsp3) is 0.0769. The minimum Gasteiger partial charge on any atom is -0.595 e. The molecule has 0 spiro atoms. The summed E-state index contributed by atoms with van der Waals surface area (Å²) in [5.74, 6) is 0.783. The van der Waals surface area contributed by atoms with Crippen molar-refractivity contribution in [2.75, 3.05) is 7.11 Å². The number of hydrogen-bond donors (Lipinski definition) is 2. The molecule has 18 heavy (non-hydrogen) atoms. The largest absolute Gasteiger partial charge is 0.595 e. The second kappa shape index (κ2) is 5.88. The van der Waals surface area contributed by atoms with Gasteiger partial charge in [-0.05, 0) is 30.3 Å². The summed E-state index contributed by atoms with van der Waals surface area (Å²) in [5.41, 5.74) is 0.318. The summed E-state index contributed by atoms with van der Waals surface area (Å²) in [6, 6.07) is 14.5. The Hall–Kier alpha value is -1.53. The summed E-state index contributed by atoms with van der Waals surface area (Å²) in [4.78, 5) is 1.71. The number of nitrogens with one attached hydrogen (secondary N) is 1. The molecule has 0 amide bonds. The van der Waals surface area contributed by atoms with Crippen LogP contribution in [0.25, 0.3) is 0 Å². The van der Waals surface area contributed by atoms with E-state index in [1.54, 1.807) is 25.3 Å². The molecule has 0 aliphatic carbocycles. The average molecular weight is 263 g/mol. The van der Waals surface area contributed by atoms with Crippen LogP contribution in [0.4, 0.5) is 5.69 Å². The fourth-order valence-corrected chi connectivity index (χ4v) is 2.44. The summed E-state index contributed by atoms with van der Waals surface area (Å²) >= 11 is 1.43. The summed E-state index contributed by atoms with van der Waals surface area (Å²) in [5, 5.41) is 19.3. The molecule has 0 radical (unpaired) electrons. The van der Waals surface area contributed by atoms with Gasteiger partial charge in [0.15, 0.2) is 5.69 Å². The first-order valence-corrected chi connectivity index (χ1v) is 6.16. The molecule has 94 valence electrons. The third-order valence-electron chi connectivity index (χ3n) is 2.40. The highest BCUT2D eigenvalue weighted by Gasteiger charge is 2.09. The number of hydrogen-bond acceptors (Lipinski definition) is 4.